The number of hydrogen-bond donors (Lipinski definition) is 0. The number of pyridine rings is 1. The van der Waals surface area contributed by atoms with Gasteiger partial charge in [-0.15, -0.1) is 0 Å². The Bertz CT molecular complexity index is 1190. The van der Waals surface area contributed by atoms with Gasteiger partial charge >= 0.3 is 0 Å². The number of aromatic nitrogens is 1. The number of ether oxygens (including phenoxy) is 1. The number of rotatable bonds is 6. The Labute approximate surface area is 196 Å². The SMILES string of the molecule is CC(C)(C)[Si](C)(C)OC1CCCc2cnc3cc(OCc4ccccc4[N+](=O)[O-])ccc3c21. The number of hydrogen-bond acceptors (Lipinski definition) is 5. The Morgan fingerprint density at radius 3 is 2.67 bits per heavy atom. The van der Waals surface area contributed by atoms with E-state index in [0.717, 1.165) is 30.2 Å². The van der Waals surface area contributed by atoms with Gasteiger partial charge in [0.15, 0.2) is 8.32 Å². The molecule has 0 saturated heterocycles. The maximum absolute atomic E-state index is 11.3. The molecule has 1 atom stereocenters. The molecule has 1 heterocycles. The van der Waals surface area contributed by atoms with Gasteiger partial charge in [0.2, 0.25) is 0 Å². The van der Waals surface area contributed by atoms with Crippen LogP contribution in [-0.2, 0) is 17.5 Å². The lowest BCUT2D eigenvalue weighted by Crippen LogP contribution is -2.42. The van der Waals surface area contributed by atoms with Crippen molar-refractivity contribution in [2.45, 2.75) is 70.9 Å². The molecule has 0 spiro atoms. The van der Waals surface area contributed by atoms with Crippen LogP contribution >= 0.6 is 0 Å². The summed E-state index contributed by atoms with van der Waals surface area (Å²) in [5, 5.41) is 12.5. The Balaban J connectivity index is 1.63. The maximum atomic E-state index is 11.3. The Kier molecular flexibility index (Phi) is 6.29. The summed E-state index contributed by atoms with van der Waals surface area (Å²) in [7, 11) is -1.92. The highest BCUT2D eigenvalue weighted by molar-refractivity contribution is 6.74. The smallest absolute Gasteiger partial charge is 0.276 e. The van der Waals surface area contributed by atoms with Gasteiger partial charge in [-0.1, -0.05) is 32.9 Å². The van der Waals surface area contributed by atoms with Crippen molar-refractivity contribution in [2.75, 3.05) is 0 Å². The van der Waals surface area contributed by atoms with Gasteiger partial charge in [-0.05, 0) is 66.7 Å². The van der Waals surface area contributed by atoms with Crippen LogP contribution in [0, 0.1) is 10.1 Å². The molecule has 1 aliphatic rings. The molecule has 0 N–H and O–H groups in total. The minimum Gasteiger partial charge on any atom is -0.489 e. The maximum Gasteiger partial charge on any atom is 0.276 e. The largest absolute Gasteiger partial charge is 0.489 e. The van der Waals surface area contributed by atoms with Crippen LogP contribution in [0.1, 0.15) is 56.4 Å². The van der Waals surface area contributed by atoms with Crippen molar-refractivity contribution in [1.82, 2.24) is 4.98 Å². The van der Waals surface area contributed by atoms with Crippen LogP contribution in [0.3, 0.4) is 0 Å². The molecule has 1 unspecified atom stereocenters. The minimum atomic E-state index is -1.92. The van der Waals surface area contributed by atoms with Crippen molar-refractivity contribution < 1.29 is 14.1 Å². The Morgan fingerprint density at radius 1 is 1.18 bits per heavy atom. The molecule has 0 amide bonds. The molecular formula is C26H32N2O4Si. The second-order valence-electron chi connectivity index (χ2n) is 10.3. The molecule has 0 bridgehead atoms. The lowest BCUT2D eigenvalue weighted by molar-refractivity contribution is -0.385. The highest BCUT2D eigenvalue weighted by Gasteiger charge is 2.40. The number of nitro benzene ring substituents is 1. The summed E-state index contributed by atoms with van der Waals surface area (Å²) in [6.07, 6.45) is 5.21. The van der Waals surface area contributed by atoms with E-state index in [0.29, 0.717) is 11.3 Å². The molecule has 1 aliphatic carbocycles. The molecular weight excluding hydrogens is 432 g/mol. The minimum absolute atomic E-state index is 0.0658. The fourth-order valence-electron chi connectivity index (χ4n) is 4.15. The lowest BCUT2D eigenvalue weighted by atomic mass is 9.88. The van der Waals surface area contributed by atoms with Gasteiger partial charge in [0, 0.05) is 23.7 Å². The van der Waals surface area contributed by atoms with Gasteiger partial charge in [0.25, 0.3) is 5.69 Å². The second-order valence-corrected chi connectivity index (χ2v) is 15.1. The summed E-state index contributed by atoms with van der Waals surface area (Å²) in [4.78, 5) is 15.6. The van der Waals surface area contributed by atoms with E-state index in [1.54, 1.807) is 18.2 Å². The van der Waals surface area contributed by atoms with Gasteiger partial charge in [-0.2, -0.15) is 0 Å². The van der Waals surface area contributed by atoms with E-state index in [4.69, 9.17) is 14.1 Å². The van der Waals surface area contributed by atoms with Gasteiger partial charge in [-0.25, -0.2) is 0 Å². The van der Waals surface area contributed by atoms with Crippen molar-refractivity contribution in [1.29, 1.82) is 0 Å². The average molecular weight is 465 g/mol. The number of benzene rings is 2. The second kappa shape index (κ2) is 8.87. The zero-order chi connectivity index (χ0) is 23.8. The normalized spacial score (nSPS) is 16.5. The van der Waals surface area contributed by atoms with Crippen LogP contribution in [0.15, 0.2) is 48.7 Å². The predicted octanol–water partition coefficient (Wildman–Crippen LogP) is 7.12. The van der Waals surface area contributed by atoms with Gasteiger partial charge in [0.1, 0.15) is 12.4 Å². The van der Waals surface area contributed by atoms with Crippen molar-refractivity contribution in [3.8, 4) is 5.75 Å². The zero-order valence-electron chi connectivity index (χ0n) is 20.1. The standard InChI is InChI=1S/C26H32N2O4Si/c1-26(2,3)33(4,5)32-24-12-8-10-18-16-27-22-15-20(13-14-21(22)25(18)24)31-17-19-9-6-7-11-23(19)28(29)30/h6-7,9,11,13-16,24H,8,10,12,17H2,1-5H3. The van der Waals surface area contributed by atoms with Gasteiger partial charge in [0.05, 0.1) is 22.1 Å². The topological polar surface area (TPSA) is 74.5 Å². The molecule has 0 aliphatic heterocycles. The van der Waals surface area contributed by atoms with Crippen molar-refractivity contribution in [3.63, 3.8) is 0 Å². The molecule has 6 nitrogen and oxygen atoms in total. The molecule has 174 valence electrons. The van der Waals surface area contributed by atoms with Crippen LogP contribution in [0.5, 0.6) is 5.75 Å². The molecule has 0 saturated carbocycles. The summed E-state index contributed by atoms with van der Waals surface area (Å²) in [6, 6.07) is 12.6. The predicted molar refractivity (Wildman–Crippen MR) is 133 cm³/mol. The highest BCUT2D eigenvalue weighted by Crippen LogP contribution is 2.44. The quantitative estimate of drug-likeness (QED) is 0.220. The number of para-hydroxylation sites is 1. The molecule has 3 aromatic rings. The number of aryl methyl sites for hydroxylation is 1. The van der Waals surface area contributed by atoms with E-state index >= 15 is 0 Å². The Morgan fingerprint density at radius 2 is 1.94 bits per heavy atom. The van der Waals surface area contributed by atoms with E-state index in [1.807, 2.05) is 18.3 Å². The fraction of sp³-hybridized carbons (Fsp3) is 0.423. The van der Waals surface area contributed by atoms with Gasteiger partial charge in [-0.3, -0.25) is 15.1 Å². The molecule has 4 rings (SSSR count). The first-order valence-corrected chi connectivity index (χ1v) is 14.4. The Hall–Kier alpha value is -2.77. The summed E-state index contributed by atoms with van der Waals surface area (Å²) in [6.45, 7) is 11.6. The average Bonchev–Trinajstić information content (AvgIpc) is 2.76. The monoisotopic (exact) mass is 464 g/mol. The molecule has 2 aromatic carbocycles. The third kappa shape index (κ3) is 4.79. The summed E-state index contributed by atoms with van der Waals surface area (Å²) < 4.78 is 12.8. The van der Waals surface area contributed by atoms with Crippen LogP contribution in [0.4, 0.5) is 5.69 Å². The van der Waals surface area contributed by atoms with Crippen molar-refractivity contribution >= 4 is 24.9 Å². The molecule has 1 aromatic heterocycles. The third-order valence-corrected chi connectivity index (χ3v) is 11.5. The number of nitro groups is 1. The van der Waals surface area contributed by atoms with Gasteiger partial charge < -0.3 is 9.16 Å². The number of nitrogens with zero attached hydrogens (tertiary/aromatic N) is 2. The van der Waals surface area contributed by atoms with Crippen LogP contribution in [0.25, 0.3) is 10.9 Å². The third-order valence-electron chi connectivity index (χ3n) is 7.02. The first-order chi connectivity index (χ1) is 15.6. The van der Waals surface area contributed by atoms with Crippen LogP contribution in [-0.4, -0.2) is 18.2 Å². The molecule has 7 heteroatoms. The van der Waals surface area contributed by atoms with E-state index in [9.17, 15) is 10.1 Å². The van der Waals surface area contributed by atoms with E-state index in [1.165, 1.54) is 17.2 Å². The highest BCUT2D eigenvalue weighted by atomic mass is 28.4. The van der Waals surface area contributed by atoms with Crippen LogP contribution < -0.4 is 4.74 Å². The van der Waals surface area contributed by atoms with E-state index in [2.05, 4.69) is 39.9 Å². The fourth-order valence-corrected chi connectivity index (χ4v) is 5.45. The first-order valence-electron chi connectivity index (χ1n) is 11.5. The molecule has 0 radical (unpaired) electrons. The van der Waals surface area contributed by atoms with Crippen LogP contribution in [0.2, 0.25) is 18.1 Å². The lowest BCUT2D eigenvalue weighted by Gasteiger charge is -2.41. The molecule has 33 heavy (non-hydrogen) atoms. The van der Waals surface area contributed by atoms with E-state index < -0.39 is 8.32 Å². The summed E-state index contributed by atoms with van der Waals surface area (Å²) >= 11 is 0. The summed E-state index contributed by atoms with van der Waals surface area (Å²) in [5.41, 5.74) is 4.01. The first kappa shape index (κ1) is 23.4. The zero-order valence-corrected chi connectivity index (χ0v) is 21.1. The van der Waals surface area contributed by atoms with E-state index in [-0.39, 0.29) is 28.4 Å². The number of fused-ring (bicyclic) bond motifs is 3. The molecule has 0 fully saturated rings. The van der Waals surface area contributed by atoms with Crippen molar-refractivity contribution in [2.24, 2.45) is 0 Å². The van der Waals surface area contributed by atoms with Crippen molar-refractivity contribution in [3.05, 3.63) is 75.5 Å². The summed E-state index contributed by atoms with van der Waals surface area (Å²) in [5.74, 6) is 0.644.